The van der Waals surface area contributed by atoms with Crippen molar-refractivity contribution in [2.24, 2.45) is 0 Å². The van der Waals surface area contributed by atoms with Crippen LogP contribution in [-0.2, 0) is 11.2 Å². The number of carboxylic acid groups (broad SMARTS) is 1. The van der Waals surface area contributed by atoms with Gasteiger partial charge in [0.2, 0.25) is 0 Å². The summed E-state index contributed by atoms with van der Waals surface area (Å²) in [6.07, 6.45) is 2.87. The zero-order valence-corrected chi connectivity index (χ0v) is 8.39. The maximum Gasteiger partial charge on any atom is 0.304 e. The van der Waals surface area contributed by atoms with Crippen LogP contribution in [0.25, 0.3) is 0 Å². The van der Waals surface area contributed by atoms with Crippen LogP contribution in [0, 0.1) is 0 Å². The summed E-state index contributed by atoms with van der Waals surface area (Å²) >= 11 is 1.17. The smallest absolute Gasteiger partial charge is 0.304 e. The van der Waals surface area contributed by atoms with Gasteiger partial charge in [0, 0.05) is 16.5 Å². The number of thiazole rings is 1. The molecular weight excluding hydrogens is 202 g/mol. The SMILES string of the molecule is O=C(O)CC1CCCc2[nH]c(=O)sc21. The van der Waals surface area contributed by atoms with E-state index in [2.05, 4.69) is 4.98 Å². The molecule has 0 saturated carbocycles. The Morgan fingerprint density at radius 1 is 1.64 bits per heavy atom. The summed E-state index contributed by atoms with van der Waals surface area (Å²) in [6, 6.07) is 0. The molecule has 2 N–H and O–H groups in total. The lowest BCUT2D eigenvalue weighted by molar-refractivity contribution is -0.137. The van der Waals surface area contributed by atoms with Crippen molar-refractivity contribution < 1.29 is 9.90 Å². The molecule has 4 nitrogen and oxygen atoms in total. The van der Waals surface area contributed by atoms with Gasteiger partial charge in [-0.3, -0.25) is 9.59 Å². The highest BCUT2D eigenvalue weighted by atomic mass is 32.1. The normalized spacial score (nSPS) is 20.4. The average Bonchev–Trinajstić information content (AvgIpc) is 2.45. The minimum absolute atomic E-state index is 0.0419. The first kappa shape index (κ1) is 9.45. The summed E-state index contributed by atoms with van der Waals surface area (Å²) in [4.78, 5) is 25.4. The summed E-state index contributed by atoms with van der Waals surface area (Å²) < 4.78 is 0. The predicted octanol–water partition coefficient (Wildman–Crippen LogP) is 1.33. The molecule has 1 atom stereocenters. The van der Waals surface area contributed by atoms with Crippen molar-refractivity contribution in [3.63, 3.8) is 0 Å². The van der Waals surface area contributed by atoms with Crippen molar-refractivity contribution in [2.75, 3.05) is 0 Å². The van der Waals surface area contributed by atoms with Crippen LogP contribution in [0.3, 0.4) is 0 Å². The fraction of sp³-hybridized carbons (Fsp3) is 0.556. The Balaban J connectivity index is 2.30. The third-order valence-electron chi connectivity index (χ3n) is 2.52. The number of hydrogen-bond donors (Lipinski definition) is 2. The number of H-pyrrole nitrogens is 1. The van der Waals surface area contributed by atoms with Gasteiger partial charge in [-0.2, -0.15) is 0 Å². The molecule has 0 amide bonds. The fourth-order valence-corrected chi connectivity index (χ4v) is 2.97. The highest BCUT2D eigenvalue weighted by molar-refractivity contribution is 7.09. The Morgan fingerprint density at radius 3 is 3.14 bits per heavy atom. The van der Waals surface area contributed by atoms with Gasteiger partial charge in [0.15, 0.2) is 0 Å². The number of carbonyl (C=O) groups is 1. The molecule has 0 spiro atoms. The van der Waals surface area contributed by atoms with Gasteiger partial charge in [0.05, 0.1) is 6.42 Å². The minimum atomic E-state index is -0.788. The lowest BCUT2D eigenvalue weighted by Crippen LogP contribution is -2.11. The number of aliphatic carboxylic acids is 1. The predicted molar refractivity (Wildman–Crippen MR) is 52.9 cm³/mol. The van der Waals surface area contributed by atoms with Gasteiger partial charge >= 0.3 is 10.8 Å². The van der Waals surface area contributed by atoms with E-state index in [4.69, 9.17) is 5.11 Å². The van der Waals surface area contributed by atoms with E-state index in [0.29, 0.717) is 0 Å². The summed E-state index contributed by atoms with van der Waals surface area (Å²) in [5.74, 6) is -0.746. The van der Waals surface area contributed by atoms with E-state index in [9.17, 15) is 9.59 Å². The van der Waals surface area contributed by atoms with Crippen LogP contribution >= 0.6 is 11.3 Å². The second-order valence-electron chi connectivity index (χ2n) is 3.54. The van der Waals surface area contributed by atoms with Gasteiger partial charge in [-0.1, -0.05) is 11.3 Å². The van der Waals surface area contributed by atoms with Gasteiger partial charge in [-0.25, -0.2) is 0 Å². The molecule has 0 radical (unpaired) electrons. The van der Waals surface area contributed by atoms with Crippen LogP contribution in [0.5, 0.6) is 0 Å². The molecule has 76 valence electrons. The Kier molecular flexibility index (Phi) is 2.41. The Morgan fingerprint density at radius 2 is 2.43 bits per heavy atom. The number of carboxylic acids is 1. The lowest BCUT2D eigenvalue weighted by Gasteiger charge is -2.19. The fourth-order valence-electron chi connectivity index (χ4n) is 1.95. The molecule has 14 heavy (non-hydrogen) atoms. The molecule has 5 heteroatoms. The molecule has 1 unspecified atom stereocenters. The summed E-state index contributed by atoms with van der Waals surface area (Å²) in [5.41, 5.74) is 0.956. The van der Waals surface area contributed by atoms with Crippen molar-refractivity contribution in [2.45, 2.75) is 31.6 Å². The van der Waals surface area contributed by atoms with Gasteiger partial charge < -0.3 is 10.1 Å². The minimum Gasteiger partial charge on any atom is -0.481 e. The highest BCUT2D eigenvalue weighted by Gasteiger charge is 2.25. The van der Waals surface area contributed by atoms with Crippen LogP contribution in [-0.4, -0.2) is 16.1 Å². The molecule has 1 aliphatic rings. The second-order valence-corrected chi connectivity index (χ2v) is 4.56. The number of aryl methyl sites for hydroxylation is 1. The van der Waals surface area contributed by atoms with Gasteiger partial charge in [-0.15, -0.1) is 0 Å². The van der Waals surface area contributed by atoms with Crippen LogP contribution in [0.4, 0.5) is 0 Å². The molecular formula is C9H11NO3S. The van der Waals surface area contributed by atoms with Crippen molar-refractivity contribution >= 4 is 17.3 Å². The van der Waals surface area contributed by atoms with E-state index in [-0.39, 0.29) is 17.2 Å². The molecule has 0 aromatic carbocycles. The summed E-state index contributed by atoms with van der Waals surface area (Å²) in [5, 5.41) is 8.71. The average molecular weight is 213 g/mol. The van der Waals surface area contributed by atoms with Crippen LogP contribution in [0.2, 0.25) is 0 Å². The third-order valence-corrected chi connectivity index (χ3v) is 3.61. The Bertz CT molecular complexity index is 406. The van der Waals surface area contributed by atoms with E-state index in [1.807, 2.05) is 0 Å². The maximum absolute atomic E-state index is 11.1. The van der Waals surface area contributed by atoms with E-state index < -0.39 is 5.97 Å². The van der Waals surface area contributed by atoms with E-state index >= 15 is 0 Å². The van der Waals surface area contributed by atoms with Gasteiger partial charge in [0.1, 0.15) is 0 Å². The van der Waals surface area contributed by atoms with Crippen molar-refractivity contribution in [3.05, 3.63) is 20.2 Å². The molecule has 1 aliphatic carbocycles. The maximum atomic E-state index is 11.1. The molecule has 0 bridgehead atoms. The molecule has 1 aromatic rings. The number of fused-ring (bicyclic) bond motifs is 1. The largest absolute Gasteiger partial charge is 0.481 e. The highest BCUT2D eigenvalue weighted by Crippen LogP contribution is 2.34. The first-order valence-corrected chi connectivity index (χ1v) is 5.42. The van der Waals surface area contributed by atoms with Gasteiger partial charge in [0.25, 0.3) is 0 Å². The van der Waals surface area contributed by atoms with E-state index in [1.54, 1.807) is 0 Å². The molecule has 2 rings (SSSR count). The van der Waals surface area contributed by atoms with E-state index in [1.165, 1.54) is 11.3 Å². The lowest BCUT2D eigenvalue weighted by atomic mass is 9.89. The number of hydrogen-bond acceptors (Lipinski definition) is 3. The molecule has 0 aliphatic heterocycles. The first-order valence-electron chi connectivity index (χ1n) is 4.60. The number of aromatic amines is 1. The number of aromatic nitrogens is 1. The quantitative estimate of drug-likeness (QED) is 0.778. The van der Waals surface area contributed by atoms with Crippen LogP contribution < -0.4 is 4.87 Å². The molecule has 1 aromatic heterocycles. The van der Waals surface area contributed by atoms with Crippen molar-refractivity contribution in [1.29, 1.82) is 0 Å². The Hall–Kier alpha value is -1.10. The number of rotatable bonds is 2. The summed E-state index contributed by atoms with van der Waals surface area (Å²) in [6.45, 7) is 0. The first-order chi connectivity index (χ1) is 6.66. The standard InChI is InChI=1S/C9H11NO3S/c11-7(12)4-5-2-1-3-6-8(5)14-9(13)10-6/h5H,1-4H2,(H,10,13)(H,11,12). The molecule has 0 fully saturated rings. The monoisotopic (exact) mass is 213 g/mol. The van der Waals surface area contributed by atoms with Crippen LogP contribution in [0.15, 0.2) is 4.79 Å². The van der Waals surface area contributed by atoms with Gasteiger partial charge in [-0.05, 0) is 19.3 Å². The van der Waals surface area contributed by atoms with E-state index in [0.717, 1.165) is 29.8 Å². The summed E-state index contributed by atoms with van der Waals surface area (Å²) in [7, 11) is 0. The third kappa shape index (κ3) is 1.72. The van der Waals surface area contributed by atoms with Crippen molar-refractivity contribution in [3.8, 4) is 0 Å². The van der Waals surface area contributed by atoms with Crippen LogP contribution in [0.1, 0.15) is 35.8 Å². The topological polar surface area (TPSA) is 70.2 Å². The van der Waals surface area contributed by atoms with Crippen molar-refractivity contribution in [1.82, 2.24) is 4.98 Å². The molecule has 1 heterocycles. The number of nitrogens with one attached hydrogen (secondary N) is 1. The zero-order chi connectivity index (χ0) is 10.1. The molecule has 0 saturated heterocycles. The zero-order valence-electron chi connectivity index (χ0n) is 7.58. The second kappa shape index (κ2) is 3.57. The Labute approximate surface area is 84.6 Å².